The summed E-state index contributed by atoms with van der Waals surface area (Å²) < 4.78 is 13.9. The maximum atomic E-state index is 13.9. The van der Waals surface area contributed by atoms with Gasteiger partial charge in [-0.3, -0.25) is 9.80 Å². The van der Waals surface area contributed by atoms with Crippen LogP contribution < -0.4 is 22.2 Å². The summed E-state index contributed by atoms with van der Waals surface area (Å²) >= 11 is 0. The van der Waals surface area contributed by atoms with Gasteiger partial charge in [-0.1, -0.05) is 37.5 Å². The third-order valence-electron chi connectivity index (χ3n) is 6.98. The fraction of sp³-hybridized carbons (Fsp3) is 0.267. The fourth-order valence-electron chi connectivity index (χ4n) is 4.40. The number of allylic oxidation sites excluding steroid dienone is 7. The highest BCUT2D eigenvalue weighted by molar-refractivity contribution is 7.22. The highest BCUT2D eigenvalue weighted by atomic mass is 31.0. The summed E-state index contributed by atoms with van der Waals surface area (Å²) in [6.45, 7) is 13.9. The van der Waals surface area contributed by atoms with E-state index in [2.05, 4.69) is 33.0 Å². The van der Waals surface area contributed by atoms with Gasteiger partial charge in [0, 0.05) is 30.4 Å². The molecule has 0 bridgehead atoms. The number of aromatic carboxylic acids is 1. The number of hydrogen-bond donors (Lipinski definition) is 5. The van der Waals surface area contributed by atoms with E-state index in [9.17, 15) is 19.1 Å². The molecular formula is C30H37FN5O3P. The largest absolute Gasteiger partial charge is 0.478 e. The Balaban J connectivity index is 1.84. The number of nitrogens with two attached hydrogens (primary N) is 2. The van der Waals surface area contributed by atoms with Gasteiger partial charge in [-0.25, -0.2) is 15.0 Å². The van der Waals surface area contributed by atoms with E-state index in [1.165, 1.54) is 11.1 Å². The molecule has 2 aliphatic rings. The molecule has 0 aromatic heterocycles. The molecule has 8 nitrogen and oxygen atoms in total. The lowest BCUT2D eigenvalue weighted by Gasteiger charge is -2.26. The van der Waals surface area contributed by atoms with Gasteiger partial charge in [0.1, 0.15) is 11.5 Å². The van der Waals surface area contributed by atoms with Crippen molar-refractivity contribution in [3.05, 3.63) is 117 Å². The van der Waals surface area contributed by atoms with Crippen LogP contribution in [0.25, 0.3) is 0 Å². The molecule has 7 N–H and O–H groups in total. The summed E-state index contributed by atoms with van der Waals surface area (Å²) in [6, 6.07) is 3.78. The van der Waals surface area contributed by atoms with Crippen molar-refractivity contribution in [1.29, 1.82) is 0 Å². The minimum atomic E-state index is -1.03. The number of carbonyl (C=O) groups is 2. The lowest BCUT2D eigenvalue weighted by Crippen LogP contribution is -2.43. The third-order valence-corrected chi connectivity index (χ3v) is 7.40. The Kier molecular flexibility index (Phi) is 10.0. The number of hydrazine groups is 1. The predicted octanol–water partition coefficient (Wildman–Crippen LogP) is 4.40. The second kappa shape index (κ2) is 13.0. The fourth-order valence-corrected chi connectivity index (χ4v) is 4.54. The van der Waals surface area contributed by atoms with Gasteiger partial charge >= 0.3 is 5.97 Å². The van der Waals surface area contributed by atoms with Crippen LogP contribution in [-0.4, -0.2) is 34.6 Å². The topological polar surface area (TPSA) is 134 Å². The standard InChI is InChI=1S/C30H37FN5O3P/c1-16(18(3)34-15-21-7-6-8-25(31)17(2)11-21)12-27(36(33)19(4)20(5)40)29(37)35-28-24-10-9-22(30(38)39)13-23(24)14-26(28)32/h6-7,9-13,26,28,34H,1,3,8,14-15,32-33,40H2,2,4-5H3,(H,35,37)(H,38,39)/b20-19+,27-12-. The van der Waals surface area contributed by atoms with Crippen molar-refractivity contribution < 1.29 is 19.1 Å². The molecule has 1 amide bonds. The number of amides is 1. The van der Waals surface area contributed by atoms with Crippen LogP contribution in [-0.2, 0) is 11.2 Å². The highest BCUT2D eigenvalue weighted by Crippen LogP contribution is 2.32. The maximum absolute atomic E-state index is 13.9. The lowest BCUT2D eigenvalue weighted by atomic mass is 10.0. The number of nitrogens with one attached hydrogen (secondary N) is 2. The van der Waals surface area contributed by atoms with E-state index in [-0.39, 0.29) is 23.5 Å². The number of carboxylic acids is 1. The number of carbonyl (C=O) groups excluding carboxylic acids is 1. The normalized spacial score (nSPS) is 19.3. The molecule has 1 aromatic rings. The summed E-state index contributed by atoms with van der Waals surface area (Å²) in [5, 5.41) is 17.6. The lowest BCUT2D eigenvalue weighted by molar-refractivity contribution is -0.119. The van der Waals surface area contributed by atoms with Crippen LogP contribution >= 0.6 is 9.24 Å². The van der Waals surface area contributed by atoms with Gasteiger partial charge in [-0.15, -0.1) is 9.24 Å². The third kappa shape index (κ3) is 7.24. The molecule has 40 heavy (non-hydrogen) atoms. The zero-order chi connectivity index (χ0) is 29.7. The van der Waals surface area contributed by atoms with Gasteiger partial charge in [0.2, 0.25) is 0 Å². The molecular weight excluding hydrogens is 528 g/mol. The van der Waals surface area contributed by atoms with E-state index in [1.807, 2.05) is 13.0 Å². The number of benzene rings is 1. The second-order valence-corrected chi connectivity index (χ2v) is 10.8. The minimum Gasteiger partial charge on any atom is -0.478 e. The quantitative estimate of drug-likeness (QED) is 0.0934. The number of rotatable bonds is 10. The number of halogens is 1. The summed E-state index contributed by atoms with van der Waals surface area (Å²) in [4.78, 5) is 25.0. The number of hydrogen-bond acceptors (Lipinski definition) is 6. The number of nitrogens with zero attached hydrogens (tertiary/aromatic N) is 1. The van der Waals surface area contributed by atoms with Crippen LogP contribution in [0.1, 0.15) is 54.7 Å². The highest BCUT2D eigenvalue weighted by Gasteiger charge is 2.33. The van der Waals surface area contributed by atoms with Gasteiger partial charge < -0.3 is 21.5 Å². The average molecular weight is 566 g/mol. The van der Waals surface area contributed by atoms with Gasteiger partial charge in [-0.05, 0) is 78.6 Å². The first-order valence-electron chi connectivity index (χ1n) is 12.8. The summed E-state index contributed by atoms with van der Waals surface area (Å²) in [5.74, 6) is 4.71. The molecule has 2 aliphatic carbocycles. The van der Waals surface area contributed by atoms with Crippen molar-refractivity contribution in [1.82, 2.24) is 15.6 Å². The molecule has 3 rings (SSSR count). The van der Waals surface area contributed by atoms with Crippen molar-refractivity contribution in [2.24, 2.45) is 11.6 Å². The van der Waals surface area contributed by atoms with E-state index >= 15 is 0 Å². The molecule has 0 saturated carbocycles. The molecule has 1 aromatic carbocycles. The molecule has 0 spiro atoms. The smallest absolute Gasteiger partial charge is 0.335 e. The monoisotopic (exact) mass is 565 g/mol. The van der Waals surface area contributed by atoms with Crippen LogP contribution in [0.3, 0.4) is 0 Å². The van der Waals surface area contributed by atoms with E-state index < -0.39 is 24.0 Å². The van der Waals surface area contributed by atoms with Crippen LogP contribution in [0.15, 0.2) is 101 Å². The molecule has 0 heterocycles. The summed E-state index contributed by atoms with van der Waals surface area (Å²) in [7, 11) is 2.56. The molecule has 10 heteroatoms. The molecule has 3 unspecified atom stereocenters. The van der Waals surface area contributed by atoms with E-state index in [1.54, 1.807) is 44.2 Å². The van der Waals surface area contributed by atoms with Crippen molar-refractivity contribution in [3.8, 4) is 0 Å². The zero-order valence-electron chi connectivity index (χ0n) is 23.1. The molecule has 3 atom stereocenters. The van der Waals surface area contributed by atoms with Crippen molar-refractivity contribution >= 4 is 21.1 Å². The predicted molar refractivity (Wildman–Crippen MR) is 160 cm³/mol. The second-order valence-electron chi connectivity index (χ2n) is 9.98. The van der Waals surface area contributed by atoms with Crippen LogP contribution in [0.5, 0.6) is 0 Å². The van der Waals surface area contributed by atoms with E-state index in [0.717, 1.165) is 22.0 Å². The minimum absolute atomic E-state index is 0.115. The number of carboxylic acid groups (broad SMARTS) is 1. The zero-order valence-corrected chi connectivity index (χ0v) is 24.2. The van der Waals surface area contributed by atoms with E-state index in [0.29, 0.717) is 35.5 Å². The first-order chi connectivity index (χ1) is 18.8. The molecule has 0 radical (unpaired) electrons. The first kappa shape index (κ1) is 30.8. The van der Waals surface area contributed by atoms with Crippen LogP contribution in [0, 0.1) is 0 Å². The molecule has 0 saturated heterocycles. The van der Waals surface area contributed by atoms with Crippen molar-refractivity contribution in [2.75, 3.05) is 6.54 Å². The molecule has 212 valence electrons. The van der Waals surface area contributed by atoms with Crippen LogP contribution in [0.4, 0.5) is 4.39 Å². The Morgan fingerprint density at radius 3 is 2.65 bits per heavy atom. The first-order valence-corrected chi connectivity index (χ1v) is 13.3. The van der Waals surface area contributed by atoms with Crippen molar-refractivity contribution in [2.45, 2.75) is 45.7 Å². The Labute approximate surface area is 236 Å². The SMILES string of the molecule is C=C(/C=C(/C(=O)NC1c2ccc(C(=O)O)cc2CC1N)N(N)/C(C)=C(\C)P)C(=C)NCC1=CC(C)=C(F)CC=C1. The average Bonchev–Trinajstić information content (AvgIpc) is 3.11. The summed E-state index contributed by atoms with van der Waals surface area (Å²) in [5.41, 5.74) is 11.2. The Morgan fingerprint density at radius 2 is 2.00 bits per heavy atom. The Hall–Kier alpha value is -3.78. The van der Waals surface area contributed by atoms with Gasteiger partial charge in [0.05, 0.1) is 11.6 Å². The van der Waals surface area contributed by atoms with Gasteiger partial charge in [-0.2, -0.15) is 0 Å². The van der Waals surface area contributed by atoms with Gasteiger partial charge in [0.25, 0.3) is 5.91 Å². The van der Waals surface area contributed by atoms with Crippen molar-refractivity contribution in [3.63, 3.8) is 0 Å². The molecule has 0 fully saturated rings. The Bertz CT molecular complexity index is 1400. The van der Waals surface area contributed by atoms with Gasteiger partial charge in [0.15, 0.2) is 0 Å². The van der Waals surface area contributed by atoms with E-state index in [4.69, 9.17) is 11.6 Å². The number of fused-ring (bicyclic) bond motifs is 1. The Morgan fingerprint density at radius 1 is 1.30 bits per heavy atom. The maximum Gasteiger partial charge on any atom is 0.335 e. The van der Waals surface area contributed by atoms with Crippen LogP contribution in [0.2, 0.25) is 0 Å². The molecule has 0 aliphatic heterocycles. The summed E-state index contributed by atoms with van der Waals surface area (Å²) in [6.07, 6.45) is 7.61.